The number of nitrogens with zero attached hydrogens (tertiary/aromatic N) is 1. The summed E-state index contributed by atoms with van der Waals surface area (Å²) in [5.41, 5.74) is 1.21. The molecule has 1 heterocycles. The molecular weight excluding hydrogens is 306 g/mol. The van der Waals surface area contributed by atoms with E-state index in [0.717, 1.165) is 0 Å². The van der Waals surface area contributed by atoms with Crippen LogP contribution in [0.25, 0.3) is 17.4 Å². The van der Waals surface area contributed by atoms with Gasteiger partial charge in [-0.25, -0.2) is 0 Å². The fourth-order valence-electron chi connectivity index (χ4n) is 2.23. The maximum atomic E-state index is 12.0. The quantitative estimate of drug-likeness (QED) is 0.294. The third-order valence-corrected chi connectivity index (χ3v) is 3.43. The van der Waals surface area contributed by atoms with Crippen LogP contribution in [0.3, 0.4) is 0 Å². The monoisotopic (exact) mass is 319 g/mol. The van der Waals surface area contributed by atoms with E-state index in [-0.39, 0.29) is 11.5 Å². The molecule has 1 aromatic heterocycles. The molecule has 0 radical (unpaired) electrons. The predicted molar refractivity (Wildman–Crippen MR) is 90.6 cm³/mol. The predicted octanol–water partition coefficient (Wildman–Crippen LogP) is 4.75. The van der Waals surface area contributed by atoms with Gasteiger partial charge < -0.3 is 4.42 Å². The molecule has 0 N–H and O–H groups in total. The number of nitro groups is 1. The van der Waals surface area contributed by atoms with Crippen molar-refractivity contribution in [2.75, 3.05) is 0 Å². The molecule has 0 amide bonds. The molecule has 0 aliphatic carbocycles. The highest BCUT2D eigenvalue weighted by Gasteiger charge is 2.09. The third-order valence-electron chi connectivity index (χ3n) is 3.43. The summed E-state index contributed by atoms with van der Waals surface area (Å²) < 4.78 is 5.63. The van der Waals surface area contributed by atoms with Gasteiger partial charge in [-0.1, -0.05) is 42.5 Å². The minimum Gasteiger partial charge on any atom is -0.457 e. The minimum absolute atomic E-state index is 0.000229. The zero-order chi connectivity index (χ0) is 16.9. The summed E-state index contributed by atoms with van der Waals surface area (Å²) >= 11 is 0. The van der Waals surface area contributed by atoms with Crippen molar-refractivity contribution in [3.8, 4) is 11.3 Å². The molecule has 0 atom stereocenters. The summed E-state index contributed by atoms with van der Waals surface area (Å²) in [4.78, 5) is 22.4. The Morgan fingerprint density at radius 1 is 1.00 bits per heavy atom. The van der Waals surface area contributed by atoms with E-state index in [9.17, 15) is 14.9 Å². The van der Waals surface area contributed by atoms with Crippen molar-refractivity contribution in [2.45, 2.75) is 0 Å². The standard InChI is InChI=1S/C19H13NO4/c21-18(14-5-2-1-3-6-14)11-9-17-10-12-19(24-17)15-7-4-8-16(13-15)20(22)23/h1-13H/b11-9+. The van der Waals surface area contributed by atoms with Crippen LogP contribution in [0.1, 0.15) is 16.1 Å². The Hall–Kier alpha value is -3.47. The van der Waals surface area contributed by atoms with E-state index >= 15 is 0 Å². The minimum atomic E-state index is -0.453. The van der Waals surface area contributed by atoms with Crippen LogP contribution >= 0.6 is 0 Å². The summed E-state index contributed by atoms with van der Waals surface area (Å²) in [7, 11) is 0. The molecular formula is C19H13NO4. The Labute approximate surface area is 138 Å². The smallest absolute Gasteiger partial charge is 0.270 e. The lowest BCUT2D eigenvalue weighted by Crippen LogP contribution is -1.92. The van der Waals surface area contributed by atoms with Crippen molar-refractivity contribution in [1.82, 2.24) is 0 Å². The first-order chi connectivity index (χ1) is 11.6. The van der Waals surface area contributed by atoms with Gasteiger partial charge in [-0.2, -0.15) is 0 Å². The van der Waals surface area contributed by atoms with E-state index in [0.29, 0.717) is 22.6 Å². The number of carbonyl (C=O) groups is 1. The largest absolute Gasteiger partial charge is 0.457 e. The van der Waals surface area contributed by atoms with Crippen LogP contribution in [0.4, 0.5) is 5.69 Å². The van der Waals surface area contributed by atoms with Crippen LogP contribution in [0, 0.1) is 10.1 Å². The normalized spacial score (nSPS) is 10.8. The van der Waals surface area contributed by atoms with E-state index in [1.165, 1.54) is 18.2 Å². The van der Waals surface area contributed by atoms with Crippen molar-refractivity contribution in [1.29, 1.82) is 0 Å². The molecule has 0 bridgehead atoms. The van der Waals surface area contributed by atoms with Gasteiger partial charge in [0.1, 0.15) is 11.5 Å². The van der Waals surface area contributed by atoms with Crippen molar-refractivity contribution in [2.24, 2.45) is 0 Å². The number of rotatable bonds is 5. The number of nitro benzene ring substituents is 1. The molecule has 0 saturated carbocycles. The molecule has 0 spiro atoms. The Bertz CT molecular complexity index is 910. The average Bonchev–Trinajstić information content (AvgIpc) is 3.09. The summed E-state index contributed by atoms with van der Waals surface area (Å²) in [5, 5.41) is 10.8. The molecule has 24 heavy (non-hydrogen) atoms. The van der Waals surface area contributed by atoms with Gasteiger partial charge in [0, 0.05) is 23.3 Å². The zero-order valence-electron chi connectivity index (χ0n) is 12.6. The van der Waals surface area contributed by atoms with Gasteiger partial charge in [0.25, 0.3) is 5.69 Å². The number of non-ortho nitro benzene ring substituents is 1. The Morgan fingerprint density at radius 3 is 2.54 bits per heavy atom. The Morgan fingerprint density at radius 2 is 1.79 bits per heavy atom. The van der Waals surface area contributed by atoms with Crippen molar-refractivity contribution < 1.29 is 14.1 Å². The van der Waals surface area contributed by atoms with Crippen molar-refractivity contribution in [3.63, 3.8) is 0 Å². The molecule has 2 aromatic carbocycles. The van der Waals surface area contributed by atoms with Crippen LogP contribution in [0.2, 0.25) is 0 Å². The summed E-state index contributed by atoms with van der Waals surface area (Å²) in [5.74, 6) is 0.884. The Kier molecular flexibility index (Phi) is 4.34. The number of ketones is 1. The van der Waals surface area contributed by atoms with Crippen LogP contribution in [0.5, 0.6) is 0 Å². The molecule has 5 nitrogen and oxygen atoms in total. The highest BCUT2D eigenvalue weighted by Crippen LogP contribution is 2.26. The maximum Gasteiger partial charge on any atom is 0.270 e. The lowest BCUT2D eigenvalue weighted by atomic mass is 10.1. The maximum absolute atomic E-state index is 12.0. The van der Waals surface area contributed by atoms with Crippen molar-refractivity contribution in [3.05, 3.63) is 94.2 Å². The first-order valence-electron chi connectivity index (χ1n) is 7.25. The van der Waals surface area contributed by atoms with Gasteiger partial charge in [0.2, 0.25) is 0 Å². The first kappa shape index (κ1) is 15.4. The molecule has 0 unspecified atom stereocenters. The molecule has 118 valence electrons. The molecule has 0 aliphatic rings. The van der Waals surface area contributed by atoms with Gasteiger partial charge in [-0.15, -0.1) is 0 Å². The number of allylic oxidation sites excluding steroid dienone is 1. The molecule has 0 saturated heterocycles. The number of hydrogen-bond acceptors (Lipinski definition) is 4. The second-order valence-corrected chi connectivity index (χ2v) is 5.07. The summed E-state index contributed by atoms with van der Waals surface area (Å²) in [6.45, 7) is 0. The van der Waals surface area contributed by atoms with Gasteiger partial charge in [0.05, 0.1) is 4.92 Å². The second-order valence-electron chi connectivity index (χ2n) is 5.07. The second kappa shape index (κ2) is 6.75. The van der Waals surface area contributed by atoms with Crippen LogP contribution in [0.15, 0.2) is 77.2 Å². The van der Waals surface area contributed by atoms with E-state index in [4.69, 9.17) is 4.42 Å². The number of carbonyl (C=O) groups excluding carboxylic acids is 1. The summed E-state index contributed by atoms with van der Waals surface area (Å²) in [6.07, 6.45) is 3.02. The van der Waals surface area contributed by atoms with Gasteiger partial charge in [0.15, 0.2) is 5.78 Å². The lowest BCUT2D eigenvalue weighted by molar-refractivity contribution is -0.384. The zero-order valence-corrected chi connectivity index (χ0v) is 12.6. The number of hydrogen-bond donors (Lipinski definition) is 0. The van der Waals surface area contributed by atoms with Gasteiger partial charge >= 0.3 is 0 Å². The van der Waals surface area contributed by atoms with Gasteiger partial charge in [-0.3, -0.25) is 14.9 Å². The number of benzene rings is 2. The third kappa shape index (κ3) is 3.47. The SMILES string of the molecule is O=C(/C=C/c1ccc(-c2cccc([N+](=O)[O-])c2)o1)c1ccccc1. The fraction of sp³-hybridized carbons (Fsp3) is 0. The van der Waals surface area contributed by atoms with Crippen LogP contribution in [-0.4, -0.2) is 10.7 Å². The van der Waals surface area contributed by atoms with Gasteiger partial charge in [-0.05, 0) is 24.3 Å². The molecule has 3 rings (SSSR count). The molecule has 5 heteroatoms. The van der Waals surface area contributed by atoms with E-state index in [2.05, 4.69) is 0 Å². The van der Waals surface area contributed by atoms with E-state index in [1.54, 1.807) is 54.6 Å². The average molecular weight is 319 g/mol. The van der Waals surface area contributed by atoms with E-state index < -0.39 is 4.92 Å². The molecule has 3 aromatic rings. The van der Waals surface area contributed by atoms with Crippen molar-refractivity contribution >= 4 is 17.5 Å². The topological polar surface area (TPSA) is 73.3 Å². The lowest BCUT2D eigenvalue weighted by Gasteiger charge is -1.97. The highest BCUT2D eigenvalue weighted by molar-refractivity contribution is 6.06. The molecule has 0 fully saturated rings. The van der Waals surface area contributed by atoms with E-state index in [1.807, 2.05) is 6.07 Å². The fourth-order valence-corrected chi connectivity index (χ4v) is 2.23. The Balaban J connectivity index is 1.79. The van der Waals surface area contributed by atoms with Crippen LogP contribution in [-0.2, 0) is 0 Å². The highest BCUT2D eigenvalue weighted by atomic mass is 16.6. The number of furan rings is 1. The molecule has 0 aliphatic heterocycles. The van der Waals surface area contributed by atoms with Crippen LogP contribution < -0.4 is 0 Å². The first-order valence-corrected chi connectivity index (χ1v) is 7.25. The summed E-state index contributed by atoms with van der Waals surface area (Å²) in [6, 6.07) is 18.6.